The highest BCUT2D eigenvalue weighted by Crippen LogP contribution is 2.27. The van der Waals surface area contributed by atoms with E-state index in [-0.39, 0.29) is 18.2 Å². The minimum Gasteiger partial charge on any atom is -0.373 e. The van der Waals surface area contributed by atoms with Gasteiger partial charge in [0.05, 0.1) is 12.3 Å². The maximum Gasteiger partial charge on any atom is 0.320 e. The van der Waals surface area contributed by atoms with Crippen molar-refractivity contribution in [3.8, 4) is 0 Å². The lowest BCUT2D eigenvalue weighted by Gasteiger charge is -2.30. The van der Waals surface area contributed by atoms with E-state index in [9.17, 15) is 9.18 Å². The van der Waals surface area contributed by atoms with Gasteiger partial charge >= 0.3 is 6.03 Å². The molecule has 1 aromatic heterocycles. The van der Waals surface area contributed by atoms with E-state index in [0.717, 1.165) is 18.2 Å². The van der Waals surface area contributed by atoms with Gasteiger partial charge in [0, 0.05) is 12.6 Å². The molecule has 2 unspecified atom stereocenters. The van der Waals surface area contributed by atoms with Crippen molar-refractivity contribution >= 4 is 11.8 Å². The van der Waals surface area contributed by atoms with Crippen molar-refractivity contribution in [2.24, 2.45) is 0 Å². The molecule has 5 nitrogen and oxygen atoms in total. The van der Waals surface area contributed by atoms with Gasteiger partial charge in [-0.15, -0.1) is 0 Å². The molecule has 1 fully saturated rings. The molecule has 0 radical (unpaired) electrons. The van der Waals surface area contributed by atoms with Crippen molar-refractivity contribution in [3.05, 3.63) is 60.0 Å². The second-order valence-electron chi connectivity index (χ2n) is 5.45. The quantitative estimate of drug-likeness (QED) is 0.914. The maximum atomic E-state index is 12.8. The maximum absolute atomic E-state index is 12.8. The second kappa shape index (κ2) is 7.19. The van der Waals surface area contributed by atoms with E-state index < -0.39 is 5.82 Å². The minimum atomic E-state index is -0.439. The SMILES string of the molecule is O=C(Nc1ccc(F)cn1)NC1CCOC(c2ccccc2)C1. The number of nitrogens with zero attached hydrogens (tertiary/aromatic N) is 1. The molecule has 23 heavy (non-hydrogen) atoms. The van der Waals surface area contributed by atoms with Gasteiger partial charge in [0.25, 0.3) is 0 Å². The van der Waals surface area contributed by atoms with Gasteiger partial charge in [-0.3, -0.25) is 5.32 Å². The van der Waals surface area contributed by atoms with E-state index >= 15 is 0 Å². The summed E-state index contributed by atoms with van der Waals surface area (Å²) in [5.41, 5.74) is 1.11. The second-order valence-corrected chi connectivity index (χ2v) is 5.45. The summed E-state index contributed by atoms with van der Waals surface area (Å²) in [5.74, 6) is -0.123. The van der Waals surface area contributed by atoms with Gasteiger partial charge < -0.3 is 10.1 Å². The average Bonchev–Trinajstić information content (AvgIpc) is 2.58. The number of rotatable bonds is 3. The molecule has 2 amide bonds. The summed E-state index contributed by atoms with van der Waals surface area (Å²) in [6, 6.07) is 12.3. The van der Waals surface area contributed by atoms with Crippen LogP contribution in [0.2, 0.25) is 0 Å². The molecule has 1 aromatic carbocycles. The fraction of sp³-hybridized carbons (Fsp3) is 0.294. The fourth-order valence-electron chi connectivity index (χ4n) is 2.62. The van der Waals surface area contributed by atoms with E-state index in [4.69, 9.17) is 4.74 Å². The number of aromatic nitrogens is 1. The van der Waals surface area contributed by atoms with Crippen LogP contribution in [0, 0.1) is 5.82 Å². The number of hydrogen-bond donors (Lipinski definition) is 2. The first-order valence-corrected chi connectivity index (χ1v) is 7.56. The zero-order chi connectivity index (χ0) is 16.1. The van der Waals surface area contributed by atoms with Crippen LogP contribution in [0.3, 0.4) is 0 Å². The standard InChI is InChI=1S/C17H18FN3O2/c18-13-6-7-16(19-11-13)21-17(22)20-14-8-9-23-15(10-14)12-4-2-1-3-5-12/h1-7,11,14-15H,8-10H2,(H2,19,20,21,22). The van der Waals surface area contributed by atoms with Gasteiger partial charge in [-0.1, -0.05) is 30.3 Å². The van der Waals surface area contributed by atoms with E-state index in [1.165, 1.54) is 12.1 Å². The Balaban J connectivity index is 1.55. The van der Waals surface area contributed by atoms with Gasteiger partial charge in [0.2, 0.25) is 0 Å². The third-order valence-corrected chi connectivity index (χ3v) is 3.76. The Hall–Kier alpha value is -2.47. The number of carbonyl (C=O) groups is 1. The molecule has 120 valence electrons. The number of urea groups is 1. The summed E-state index contributed by atoms with van der Waals surface area (Å²) in [5, 5.41) is 5.52. The number of halogens is 1. The molecule has 3 rings (SSSR count). The lowest BCUT2D eigenvalue weighted by Crippen LogP contribution is -2.42. The number of ether oxygens (including phenoxy) is 1. The van der Waals surface area contributed by atoms with Crippen LogP contribution in [0.1, 0.15) is 24.5 Å². The number of amides is 2. The molecule has 0 aliphatic carbocycles. The van der Waals surface area contributed by atoms with Crippen LogP contribution in [-0.2, 0) is 4.74 Å². The minimum absolute atomic E-state index is 0.0146. The first kappa shape index (κ1) is 15.4. The molecule has 2 aromatic rings. The van der Waals surface area contributed by atoms with Crippen LogP contribution in [0.15, 0.2) is 48.7 Å². The summed E-state index contributed by atoms with van der Waals surface area (Å²) >= 11 is 0. The predicted molar refractivity (Wildman–Crippen MR) is 84.5 cm³/mol. The molecule has 2 N–H and O–H groups in total. The average molecular weight is 315 g/mol. The molecule has 1 saturated heterocycles. The monoisotopic (exact) mass is 315 g/mol. The van der Waals surface area contributed by atoms with Crippen LogP contribution in [0.25, 0.3) is 0 Å². The van der Waals surface area contributed by atoms with Gasteiger partial charge in [0.1, 0.15) is 11.6 Å². The van der Waals surface area contributed by atoms with E-state index in [2.05, 4.69) is 15.6 Å². The smallest absolute Gasteiger partial charge is 0.320 e. The molecular weight excluding hydrogens is 297 g/mol. The molecule has 1 aliphatic rings. The van der Waals surface area contributed by atoms with Crippen molar-refractivity contribution in [1.82, 2.24) is 10.3 Å². The third kappa shape index (κ3) is 4.26. The zero-order valence-corrected chi connectivity index (χ0v) is 12.5. The lowest BCUT2D eigenvalue weighted by atomic mass is 9.97. The summed E-state index contributed by atoms with van der Waals surface area (Å²) < 4.78 is 18.6. The van der Waals surface area contributed by atoms with Crippen molar-refractivity contribution in [3.63, 3.8) is 0 Å². The molecule has 0 spiro atoms. The van der Waals surface area contributed by atoms with Gasteiger partial charge in [-0.05, 0) is 30.5 Å². The molecule has 0 saturated carbocycles. The summed E-state index contributed by atoms with van der Waals surface area (Å²) in [4.78, 5) is 15.8. The summed E-state index contributed by atoms with van der Waals surface area (Å²) in [6.45, 7) is 0.597. The Morgan fingerprint density at radius 1 is 1.22 bits per heavy atom. The Bertz CT molecular complexity index is 649. The highest BCUT2D eigenvalue weighted by atomic mass is 19.1. The summed E-state index contributed by atoms with van der Waals surface area (Å²) in [6.07, 6.45) is 2.52. The van der Waals surface area contributed by atoms with Crippen LogP contribution < -0.4 is 10.6 Å². The van der Waals surface area contributed by atoms with E-state index in [0.29, 0.717) is 18.8 Å². The van der Waals surface area contributed by atoms with Crippen LogP contribution in [0.5, 0.6) is 0 Å². The Kier molecular flexibility index (Phi) is 4.83. The van der Waals surface area contributed by atoms with Crippen molar-refractivity contribution < 1.29 is 13.9 Å². The number of benzene rings is 1. The number of pyridine rings is 1. The van der Waals surface area contributed by atoms with Crippen molar-refractivity contribution in [2.75, 3.05) is 11.9 Å². The van der Waals surface area contributed by atoms with Crippen molar-refractivity contribution in [1.29, 1.82) is 0 Å². The van der Waals surface area contributed by atoms with Crippen LogP contribution >= 0.6 is 0 Å². The fourth-order valence-corrected chi connectivity index (χ4v) is 2.62. The van der Waals surface area contributed by atoms with Crippen LogP contribution in [0.4, 0.5) is 15.0 Å². The highest BCUT2D eigenvalue weighted by Gasteiger charge is 2.25. The van der Waals surface area contributed by atoms with E-state index in [1.54, 1.807) is 0 Å². The molecule has 0 bridgehead atoms. The molecule has 1 aliphatic heterocycles. The summed E-state index contributed by atoms with van der Waals surface area (Å²) in [7, 11) is 0. The topological polar surface area (TPSA) is 63.2 Å². The highest BCUT2D eigenvalue weighted by molar-refractivity contribution is 5.88. The number of anilines is 1. The number of carbonyl (C=O) groups excluding carboxylic acids is 1. The molecule has 2 heterocycles. The number of hydrogen-bond acceptors (Lipinski definition) is 3. The Morgan fingerprint density at radius 3 is 2.78 bits per heavy atom. The Labute approximate surface area is 133 Å². The molecular formula is C17H18FN3O2. The van der Waals surface area contributed by atoms with E-state index in [1.807, 2.05) is 30.3 Å². The predicted octanol–water partition coefficient (Wildman–Crippen LogP) is 3.26. The molecule has 2 atom stereocenters. The third-order valence-electron chi connectivity index (χ3n) is 3.76. The van der Waals surface area contributed by atoms with Gasteiger partial charge in [-0.25, -0.2) is 14.2 Å². The first-order chi connectivity index (χ1) is 11.2. The largest absolute Gasteiger partial charge is 0.373 e. The lowest BCUT2D eigenvalue weighted by molar-refractivity contribution is 0.00253. The first-order valence-electron chi connectivity index (χ1n) is 7.56. The van der Waals surface area contributed by atoms with Crippen LogP contribution in [-0.4, -0.2) is 23.7 Å². The molecule has 6 heteroatoms. The Morgan fingerprint density at radius 2 is 2.04 bits per heavy atom. The van der Waals surface area contributed by atoms with Gasteiger partial charge in [-0.2, -0.15) is 0 Å². The van der Waals surface area contributed by atoms with Crippen molar-refractivity contribution in [2.45, 2.75) is 25.0 Å². The zero-order valence-electron chi connectivity index (χ0n) is 12.5. The van der Waals surface area contributed by atoms with Gasteiger partial charge in [0.15, 0.2) is 0 Å². The number of nitrogens with one attached hydrogen (secondary N) is 2. The normalized spacial score (nSPS) is 20.7.